The van der Waals surface area contributed by atoms with Crippen molar-refractivity contribution in [3.8, 4) is 11.4 Å². The van der Waals surface area contributed by atoms with Crippen molar-refractivity contribution in [3.05, 3.63) is 54.2 Å². The summed E-state index contributed by atoms with van der Waals surface area (Å²) in [6.45, 7) is 1.84. The Kier molecular flexibility index (Phi) is 2.83. The smallest absolute Gasteiger partial charge is 0.0944 e. The van der Waals surface area contributed by atoms with E-state index < -0.39 is 0 Å². The highest BCUT2D eigenvalue weighted by molar-refractivity contribution is 5.95. The van der Waals surface area contributed by atoms with E-state index in [1.807, 2.05) is 49.4 Å². The van der Waals surface area contributed by atoms with Gasteiger partial charge in [-0.2, -0.15) is 0 Å². The number of nitrogens with one attached hydrogen (secondary N) is 1. The van der Waals surface area contributed by atoms with E-state index in [1.165, 1.54) is 0 Å². The molecule has 19 heavy (non-hydrogen) atoms. The molecule has 2 aromatic heterocycles. The Bertz CT molecular complexity index is 726. The first kappa shape index (κ1) is 11.6. The zero-order chi connectivity index (χ0) is 13.2. The normalized spacial score (nSPS) is 10.6. The Balaban J connectivity index is 2.35. The SMILES string of the molecule is Cc1c(-c2ccccn2)nc2ccccc2c1NF. The van der Waals surface area contributed by atoms with Crippen molar-refractivity contribution in [2.75, 3.05) is 5.54 Å². The van der Waals surface area contributed by atoms with Crippen LogP contribution in [0.3, 0.4) is 0 Å². The van der Waals surface area contributed by atoms with E-state index in [-0.39, 0.29) is 0 Å². The van der Waals surface area contributed by atoms with Crippen molar-refractivity contribution in [2.24, 2.45) is 0 Å². The molecule has 0 spiro atoms. The van der Waals surface area contributed by atoms with Crippen molar-refractivity contribution >= 4 is 16.6 Å². The van der Waals surface area contributed by atoms with E-state index in [1.54, 1.807) is 11.7 Å². The van der Waals surface area contributed by atoms with Gasteiger partial charge in [-0.05, 0) is 25.1 Å². The molecule has 1 aromatic carbocycles. The van der Waals surface area contributed by atoms with Crippen LogP contribution in [0.5, 0.6) is 0 Å². The Morgan fingerprint density at radius 3 is 2.58 bits per heavy atom. The molecule has 94 valence electrons. The van der Waals surface area contributed by atoms with Gasteiger partial charge in [0.1, 0.15) is 0 Å². The van der Waals surface area contributed by atoms with Crippen molar-refractivity contribution in [3.63, 3.8) is 0 Å². The van der Waals surface area contributed by atoms with E-state index in [9.17, 15) is 4.48 Å². The number of hydrogen-bond acceptors (Lipinski definition) is 3. The highest BCUT2D eigenvalue weighted by Crippen LogP contribution is 2.32. The van der Waals surface area contributed by atoms with E-state index in [4.69, 9.17) is 0 Å². The molecule has 4 heteroatoms. The van der Waals surface area contributed by atoms with Crippen LogP contribution in [0.25, 0.3) is 22.3 Å². The third kappa shape index (κ3) is 1.91. The first-order valence-corrected chi connectivity index (χ1v) is 5.98. The number of aromatic nitrogens is 2. The molecule has 0 radical (unpaired) electrons. The van der Waals surface area contributed by atoms with Crippen LogP contribution in [0.1, 0.15) is 5.56 Å². The minimum absolute atomic E-state index is 0.450. The van der Waals surface area contributed by atoms with Crippen LogP contribution < -0.4 is 5.54 Å². The van der Waals surface area contributed by atoms with Gasteiger partial charge in [0.05, 0.1) is 22.6 Å². The fourth-order valence-corrected chi connectivity index (χ4v) is 2.18. The van der Waals surface area contributed by atoms with Gasteiger partial charge in [0, 0.05) is 17.1 Å². The summed E-state index contributed by atoms with van der Waals surface area (Å²) in [6, 6.07) is 13.1. The summed E-state index contributed by atoms with van der Waals surface area (Å²) in [4.78, 5) is 8.86. The summed E-state index contributed by atoms with van der Waals surface area (Å²) in [7, 11) is 0. The molecule has 0 saturated carbocycles. The topological polar surface area (TPSA) is 37.8 Å². The molecule has 0 bridgehead atoms. The second kappa shape index (κ2) is 4.65. The van der Waals surface area contributed by atoms with Crippen LogP contribution in [-0.4, -0.2) is 9.97 Å². The molecule has 3 aromatic rings. The third-order valence-corrected chi connectivity index (χ3v) is 3.14. The molecule has 0 aliphatic carbocycles. The molecule has 0 fully saturated rings. The summed E-state index contributed by atoms with van der Waals surface area (Å²) in [5.41, 5.74) is 5.16. The van der Waals surface area contributed by atoms with E-state index in [0.717, 1.165) is 22.2 Å². The molecule has 3 rings (SSSR count). The zero-order valence-corrected chi connectivity index (χ0v) is 10.4. The van der Waals surface area contributed by atoms with Crippen molar-refractivity contribution < 1.29 is 4.48 Å². The number of pyridine rings is 2. The predicted molar refractivity (Wildman–Crippen MR) is 74.4 cm³/mol. The Morgan fingerprint density at radius 1 is 1.05 bits per heavy atom. The van der Waals surface area contributed by atoms with Crippen LogP contribution in [0.4, 0.5) is 10.2 Å². The highest BCUT2D eigenvalue weighted by Gasteiger charge is 2.13. The van der Waals surface area contributed by atoms with Crippen LogP contribution in [0.15, 0.2) is 48.7 Å². The second-order valence-corrected chi connectivity index (χ2v) is 4.29. The minimum atomic E-state index is 0.450. The van der Waals surface area contributed by atoms with Crippen molar-refractivity contribution in [1.29, 1.82) is 0 Å². The molecule has 0 saturated heterocycles. The van der Waals surface area contributed by atoms with Gasteiger partial charge < -0.3 is 0 Å². The first-order chi connectivity index (χ1) is 9.31. The summed E-state index contributed by atoms with van der Waals surface area (Å²) in [5, 5.41) is 0.766. The molecule has 0 amide bonds. The van der Waals surface area contributed by atoms with Gasteiger partial charge in [0.2, 0.25) is 0 Å². The number of anilines is 1. The number of rotatable bonds is 2. The lowest BCUT2D eigenvalue weighted by Crippen LogP contribution is -1.97. The average Bonchev–Trinajstić information content (AvgIpc) is 2.47. The van der Waals surface area contributed by atoms with Gasteiger partial charge in [-0.25, -0.2) is 10.5 Å². The van der Waals surface area contributed by atoms with Crippen molar-refractivity contribution in [2.45, 2.75) is 6.92 Å². The van der Waals surface area contributed by atoms with Crippen molar-refractivity contribution in [1.82, 2.24) is 9.97 Å². The van der Waals surface area contributed by atoms with E-state index in [2.05, 4.69) is 9.97 Å². The Hall–Kier alpha value is -2.49. The number of hydrogen-bond donors (Lipinski definition) is 1. The highest BCUT2D eigenvalue weighted by atomic mass is 19.2. The Labute approximate surface area is 110 Å². The monoisotopic (exact) mass is 253 g/mol. The van der Waals surface area contributed by atoms with Gasteiger partial charge in [-0.1, -0.05) is 24.3 Å². The molecule has 0 aliphatic rings. The number of halogens is 1. The maximum absolute atomic E-state index is 13.1. The van der Waals surface area contributed by atoms with Gasteiger partial charge in [0.25, 0.3) is 0 Å². The number of para-hydroxylation sites is 1. The molecule has 0 atom stereocenters. The molecule has 2 heterocycles. The fourth-order valence-electron chi connectivity index (χ4n) is 2.18. The van der Waals surface area contributed by atoms with E-state index in [0.29, 0.717) is 11.4 Å². The molecule has 1 N–H and O–H groups in total. The summed E-state index contributed by atoms with van der Waals surface area (Å²) in [6.07, 6.45) is 1.70. The number of benzene rings is 1. The maximum Gasteiger partial charge on any atom is 0.0944 e. The quantitative estimate of drug-likeness (QED) is 0.704. The molecule has 3 nitrogen and oxygen atoms in total. The van der Waals surface area contributed by atoms with Crippen LogP contribution in [0, 0.1) is 6.92 Å². The molecular formula is C15H12FN3. The maximum atomic E-state index is 13.1. The molecule has 0 unspecified atom stereocenters. The average molecular weight is 253 g/mol. The first-order valence-electron chi connectivity index (χ1n) is 5.98. The van der Waals surface area contributed by atoms with Crippen LogP contribution in [0.2, 0.25) is 0 Å². The standard InChI is InChI=1S/C15H12FN3/c1-10-14(19-16)11-6-2-3-7-12(11)18-15(10)13-8-4-5-9-17-13/h2-9H,1H3,(H,18,19). The predicted octanol–water partition coefficient (Wildman–Crippen LogP) is 3.90. The zero-order valence-electron chi connectivity index (χ0n) is 10.4. The van der Waals surface area contributed by atoms with Gasteiger partial charge in [0.15, 0.2) is 0 Å². The summed E-state index contributed by atoms with van der Waals surface area (Å²) < 4.78 is 13.1. The largest absolute Gasteiger partial charge is 0.255 e. The Morgan fingerprint density at radius 2 is 1.84 bits per heavy atom. The summed E-state index contributed by atoms with van der Waals surface area (Å²) in [5.74, 6) is 0. The lowest BCUT2D eigenvalue weighted by atomic mass is 10.1. The van der Waals surface area contributed by atoms with Crippen LogP contribution >= 0.6 is 0 Å². The molecule has 0 aliphatic heterocycles. The third-order valence-electron chi connectivity index (χ3n) is 3.14. The number of fused-ring (bicyclic) bond motifs is 1. The summed E-state index contributed by atoms with van der Waals surface area (Å²) >= 11 is 0. The van der Waals surface area contributed by atoms with Gasteiger partial charge >= 0.3 is 0 Å². The lowest BCUT2D eigenvalue weighted by Gasteiger charge is -2.11. The van der Waals surface area contributed by atoms with Crippen LogP contribution in [-0.2, 0) is 0 Å². The van der Waals surface area contributed by atoms with E-state index >= 15 is 0 Å². The van der Waals surface area contributed by atoms with Gasteiger partial charge in [-0.15, -0.1) is 4.48 Å². The lowest BCUT2D eigenvalue weighted by molar-refractivity contribution is 0.618. The minimum Gasteiger partial charge on any atom is -0.255 e. The molecular weight excluding hydrogens is 241 g/mol. The number of nitrogens with zero attached hydrogens (tertiary/aromatic N) is 2. The second-order valence-electron chi connectivity index (χ2n) is 4.29. The van der Waals surface area contributed by atoms with Gasteiger partial charge in [-0.3, -0.25) is 4.98 Å². The fraction of sp³-hybridized carbons (Fsp3) is 0.0667.